The number of hydrogen-bond acceptors (Lipinski definition) is 2. The summed E-state index contributed by atoms with van der Waals surface area (Å²) in [6, 6.07) is 17.7. The Morgan fingerprint density at radius 2 is 1.44 bits per heavy atom. The summed E-state index contributed by atoms with van der Waals surface area (Å²) in [5.74, 6) is 0.224. The maximum absolute atomic E-state index is 12.0. The first-order valence-corrected chi connectivity index (χ1v) is 6.12. The van der Waals surface area contributed by atoms with E-state index >= 15 is 0 Å². The second kappa shape index (κ2) is 6.12. The molecule has 0 radical (unpaired) electrons. The minimum absolute atomic E-state index is 0.224. The molecular weight excluding hydrogens is 222 g/mol. The molecule has 2 aromatic carbocycles. The molecule has 0 heterocycles. The number of carbonyl (C=O) groups is 1. The number of carbonyl (C=O) groups excluding carboxylic acids is 1. The van der Waals surface area contributed by atoms with Crippen LogP contribution in [0.5, 0.6) is 0 Å². The van der Waals surface area contributed by atoms with Gasteiger partial charge in [-0.3, -0.25) is 4.79 Å². The average Bonchev–Trinajstić information content (AvgIpc) is 2.40. The molecule has 2 heteroatoms. The molecule has 0 spiro atoms. The Labute approximate surface area is 107 Å². The Morgan fingerprint density at radius 1 is 0.833 bits per heavy atom. The molecule has 0 aliphatic carbocycles. The van der Waals surface area contributed by atoms with Gasteiger partial charge in [-0.25, -0.2) is 0 Å². The highest BCUT2D eigenvalue weighted by Crippen LogP contribution is 2.11. The fourth-order valence-electron chi connectivity index (χ4n) is 2.03. The van der Waals surface area contributed by atoms with Crippen molar-refractivity contribution in [2.45, 2.75) is 19.4 Å². The Morgan fingerprint density at radius 3 is 2.11 bits per heavy atom. The molecule has 0 saturated heterocycles. The van der Waals surface area contributed by atoms with Gasteiger partial charge < -0.3 is 5.73 Å². The summed E-state index contributed by atoms with van der Waals surface area (Å²) in [5, 5.41) is 0. The van der Waals surface area contributed by atoms with Gasteiger partial charge in [-0.2, -0.15) is 0 Å². The maximum atomic E-state index is 12.0. The quantitative estimate of drug-likeness (QED) is 0.871. The largest absolute Gasteiger partial charge is 0.326 e. The van der Waals surface area contributed by atoms with Crippen molar-refractivity contribution in [2.75, 3.05) is 0 Å². The smallest absolute Gasteiger partial charge is 0.141 e. The zero-order valence-electron chi connectivity index (χ0n) is 10.3. The third kappa shape index (κ3) is 3.28. The van der Waals surface area contributed by atoms with Gasteiger partial charge in [0.05, 0.1) is 0 Å². The molecule has 0 aliphatic rings. The first-order chi connectivity index (χ1) is 8.79. The lowest BCUT2D eigenvalue weighted by molar-refractivity contribution is -0.117. The number of benzene rings is 2. The molecule has 0 saturated carbocycles. The van der Waals surface area contributed by atoms with Gasteiger partial charge in [0.15, 0.2) is 0 Å². The van der Waals surface area contributed by atoms with Gasteiger partial charge in [-0.05, 0) is 16.7 Å². The summed E-state index contributed by atoms with van der Waals surface area (Å²) < 4.78 is 0. The molecule has 2 N–H and O–H groups in total. The molecule has 0 unspecified atom stereocenters. The van der Waals surface area contributed by atoms with E-state index in [1.54, 1.807) is 0 Å². The van der Waals surface area contributed by atoms with Crippen molar-refractivity contribution in [1.29, 1.82) is 0 Å². The van der Waals surface area contributed by atoms with Crippen LogP contribution in [0.3, 0.4) is 0 Å². The lowest BCUT2D eigenvalue weighted by atomic mass is 9.99. The van der Waals surface area contributed by atoms with E-state index in [1.807, 2.05) is 54.6 Å². The molecule has 0 fully saturated rings. The molecular formula is C16H17NO. The number of Topliss-reactive ketones (excluding diaryl/α,β-unsaturated/α-hetero) is 1. The second-order valence-corrected chi connectivity index (χ2v) is 4.35. The van der Waals surface area contributed by atoms with Gasteiger partial charge in [-0.15, -0.1) is 0 Å². The standard InChI is InChI=1S/C16H17NO/c17-12-15-9-5-4-8-14(15)11-16(18)10-13-6-2-1-3-7-13/h1-9H,10-12,17H2. The monoisotopic (exact) mass is 239 g/mol. The van der Waals surface area contributed by atoms with Crippen LogP contribution >= 0.6 is 0 Å². The van der Waals surface area contributed by atoms with E-state index in [0.29, 0.717) is 19.4 Å². The summed E-state index contributed by atoms with van der Waals surface area (Å²) in [5.41, 5.74) is 8.83. The van der Waals surface area contributed by atoms with Crippen LogP contribution in [0.15, 0.2) is 54.6 Å². The fraction of sp³-hybridized carbons (Fsp3) is 0.188. The van der Waals surface area contributed by atoms with E-state index in [4.69, 9.17) is 5.73 Å². The minimum Gasteiger partial charge on any atom is -0.326 e. The number of ketones is 1. The fourth-order valence-corrected chi connectivity index (χ4v) is 2.03. The third-order valence-corrected chi connectivity index (χ3v) is 2.97. The molecule has 2 rings (SSSR count). The molecule has 0 aliphatic heterocycles. The number of nitrogens with two attached hydrogens (primary N) is 1. The highest BCUT2D eigenvalue weighted by atomic mass is 16.1. The first kappa shape index (κ1) is 12.5. The molecule has 0 bridgehead atoms. The van der Waals surface area contributed by atoms with Crippen molar-refractivity contribution in [3.8, 4) is 0 Å². The topological polar surface area (TPSA) is 43.1 Å². The SMILES string of the molecule is NCc1ccccc1CC(=O)Cc1ccccc1. The van der Waals surface area contributed by atoms with Crippen molar-refractivity contribution in [3.05, 3.63) is 71.3 Å². The van der Waals surface area contributed by atoms with Crippen molar-refractivity contribution >= 4 is 5.78 Å². The van der Waals surface area contributed by atoms with Crippen LogP contribution in [0.4, 0.5) is 0 Å². The number of hydrogen-bond donors (Lipinski definition) is 1. The molecule has 92 valence electrons. The van der Waals surface area contributed by atoms with Gasteiger partial charge in [0.1, 0.15) is 5.78 Å². The third-order valence-electron chi connectivity index (χ3n) is 2.97. The summed E-state index contributed by atoms with van der Waals surface area (Å²) in [4.78, 5) is 12.0. The van der Waals surface area contributed by atoms with E-state index in [0.717, 1.165) is 16.7 Å². The van der Waals surface area contributed by atoms with E-state index in [2.05, 4.69) is 0 Å². The minimum atomic E-state index is 0.224. The molecule has 0 aromatic heterocycles. The molecule has 0 amide bonds. The van der Waals surface area contributed by atoms with Crippen molar-refractivity contribution in [1.82, 2.24) is 0 Å². The van der Waals surface area contributed by atoms with Crippen LogP contribution in [0, 0.1) is 0 Å². The molecule has 2 aromatic rings. The van der Waals surface area contributed by atoms with Crippen molar-refractivity contribution in [2.24, 2.45) is 5.73 Å². The predicted molar refractivity (Wildman–Crippen MR) is 73.2 cm³/mol. The van der Waals surface area contributed by atoms with Crippen molar-refractivity contribution in [3.63, 3.8) is 0 Å². The van der Waals surface area contributed by atoms with Crippen molar-refractivity contribution < 1.29 is 4.79 Å². The molecule has 18 heavy (non-hydrogen) atoms. The summed E-state index contributed by atoms with van der Waals surface area (Å²) in [6.07, 6.45) is 0.946. The summed E-state index contributed by atoms with van der Waals surface area (Å²) in [7, 11) is 0. The van der Waals surface area contributed by atoms with Crippen LogP contribution in [-0.2, 0) is 24.2 Å². The summed E-state index contributed by atoms with van der Waals surface area (Å²) in [6.45, 7) is 0.481. The molecule has 0 atom stereocenters. The zero-order chi connectivity index (χ0) is 12.8. The molecule has 2 nitrogen and oxygen atoms in total. The lowest BCUT2D eigenvalue weighted by Gasteiger charge is -2.06. The average molecular weight is 239 g/mol. The van der Waals surface area contributed by atoms with Crippen LogP contribution in [0.25, 0.3) is 0 Å². The van der Waals surface area contributed by atoms with Gasteiger partial charge in [0.2, 0.25) is 0 Å². The first-order valence-electron chi connectivity index (χ1n) is 6.12. The van der Waals surface area contributed by atoms with E-state index in [9.17, 15) is 4.79 Å². The van der Waals surface area contributed by atoms with Gasteiger partial charge in [0.25, 0.3) is 0 Å². The van der Waals surface area contributed by atoms with Crippen LogP contribution in [0.1, 0.15) is 16.7 Å². The highest BCUT2D eigenvalue weighted by Gasteiger charge is 2.07. The zero-order valence-corrected chi connectivity index (χ0v) is 10.3. The Balaban J connectivity index is 2.03. The Kier molecular flexibility index (Phi) is 4.26. The van der Waals surface area contributed by atoms with Gasteiger partial charge in [-0.1, -0.05) is 54.6 Å². The van der Waals surface area contributed by atoms with Crippen LogP contribution in [0.2, 0.25) is 0 Å². The van der Waals surface area contributed by atoms with Crippen LogP contribution in [-0.4, -0.2) is 5.78 Å². The maximum Gasteiger partial charge on any atom is 0.141 e. The summed E-state index contributed by atoms with van der Waals surface area (Å²) >= 11 is 0. The van der Waals surface area contributed by atoms with Gasteiger partial charge >= 0.3 is 0 Å². The highest BCUT2D eigenvalue weighted by molar-refractivity contribution is 5.83. The predicted octanol–water partition coefficient (Wildman–Crippen LogP) is 2.50. The lowest BCUT2D eigenvalue weighted by Crippen LogP contribution is -2.10. The second-order valence-electron chi connectivity index (χ2n) is 4.35. The van der Waals surface area contributed by atoms with E-state index in [-0.39, 0.29) is 5.78 Å². The normalized spacial score (nSPS) is 10.3. The van der Waals surface area contributed by atoms with Crippen LogP contribution < -0.4 is 5.73 Å². The Hall–Kier alpha value is -1.93. The Bertz CT molecular complexity index is 520. The van der Waals surface area contributed by atoms with Gasteiger partial charge in [0, 0.05) is 19.4 Å². The van der Waals surface area contributed by atoms with E-state index in [1.165, 1.54) is 0 Å². The van der Waals surface area contributed by atoms with E-state index < -0.39 is 0 Å². The number of rotatable bonds is 5.